The summed E-state index contributed by atoms with van der Waals surface area (Å²) in [5, 5.41) is 2.85. The number of urea groups is 1. The Labute approximate surface area is 157 Å². The van der Waals surface area contributed by atoms with Crippen molar-refractivity contribution in [2.45, 2.75) is 31.9 Å². The van der Waals surface area contributed by atoms with Crippen LogP contribution in [0.4, 0.5) is 10.5 Å². The summed E-state index contributed by atoms with van der Waals surface area (Å²) in [6, 6.07) is 10.8. The van der Waals surface area contributed by atoms with Crippen molar-refractivity contribution < 1.29 is 14.3 Å². The monoisotopic (exact) mass is 369 g/mol. The van der Waals surface area contributed by atoms with Crippen LogP contribution < -0.4 is 20.3 Å². The number of carbonyl (C=O) groups is 1. The lowest BCUT2D eigenvalue weighted by atomic mass is 10.2. The number of aryl methyl sites for hydroxylation is 1. The lowest BCUT2D eigenvalue weighted by Gasteiger charge is -2.38. The third-order valence-corrected chi connectivity index (χ3v) is 4.91. The standard InChI is InChI=1S/C20H23N3O4/c1-13-8-17(10-19(24)23(13)15-6-7-15)27-18-11-22(12-18)20(25)21-14-4-3-5-16(9-14)26-2/h3-5,8-10,15,18H,6-7,11-12H2,1-2H3,(H,21,25). The second kappa shape index (κ2) is 6.98. The van der Waals surface area contributed by atoms with E-state index < -0.39 is 0 Å². The number of hydrogen-bond acceptors (Lipinski definition) is 4. The van der Waals surface area contributed by atoms with Crippen molar-refractivity contribution in [2.24, 2.45) is 0 Å². The minimum absolute atomic E-state index is 0.0144. The predicted molar refractivity (Wildman–Crippen MR) is 102 cm³/mol. The molecule has 1 aliphatic heterocycles. The second-order valence-corrected chi connectivity index (χ2v) is 7.08. The molecule has 4 rings (SSSR count). The highest BCUT2D eigenvalue weighted by atomic mass is 16.5. The zero-order chi connectivity index (χ0) is 19.0. The Hall–Kier alpha value is -2.96. The summed E-state index contributed by atoms with van der Waals surface area (Å²) >= 11 is 0. The third-order valence-electron chi connectivity index (χ3n) is 4.91. The summed E-state index contributed by atoms with van der Waals surface area (Å²) in [5.74, 6) is 1.26. The van der Waals surface area contributed by atoms with E-state index in [0.29, 0.717) is 36.3 Å². The fourth-order valence-corrected chi connectivity index (χ4v) is 3.33. The highest BCUT2D eigenvalue weighted by Gasteiger charge is 2.33. The molecule has 7 heteroatoms. The predicted octanol–water partition coefficient (Wildman–Crippen LogP) is 2.80. The molecule has 0 unspecified atom stereocenters. The van der Waals surface area contributed by atoms with Gasteiger partial charge in [0, 0.05) is 29.6 Å². The summed E-state index contributed by atoms with van der Waals surface area (Å²) in [7, 11) is 1.59. The van der Waals surface area contributed by atoms with Gasteiger partial charge in [-0.25, -0.2) is 4.79 Å². The molecule has 0 spiro atoms. The van der Waals surface area contributed by atoms with Crippen molar-refractivity contribution in [3.05, 3.63) is 52.4 Å². The van der Waals surface area contributed by atoms with Crippen LogP contribution >= 0.6 is 0 Å². The van der Waals surface area contributed by atoms with E-state index >= 15 is 0 Å². The van der Waals surface area contributed by atoms with Gasteiger partial charge in [-0.1, -0.05) is 6.07 Å². The topological polar surface area (TPSA) is 72.8 Å². The number of nitrogens with zero attached hydrogens (tertiary/aromatic N) is 2. The Balaban J connectivity index is 1.31. The third kappa shape index (κ3) is 3.77. The summed E-state index contributed by atoms with van der Waals surface area (Å²) in [5.41, 5.74) is 1.59. The molecular formula is C20H23N3O4. The van der Waals surface area contributed by atoms with E-state index in [1.807, 2.05) is 35.8 Å². The number of aromatic nitrogens is 1. The molecule has 2 aromatic rings. The summed E-state index contributed by atoms with van der Waals surface area (Å²) in [4.78, 5) is 26.2. The maximum absolute atomic E-state index is 12.3. The molecule has 0 radical (unpaired) electrons. The normalized spacial score (nSPS) is 16.6. The number of hydrogen-bond donors (Lipinski definition) is 1. The number of nitrogens with one attached hydrogen (secondary N) is 1. The van der Waals surface area contributed by atoms with Gasteiger partial charge in [-0.05, 0) is 38.0 Å². The van der Waals surface area contributed by atoms with E-state index in [1.54, 1.807) is 24.1 Å². The number of carbonyl (C=O) groups excluding carboxylic acids is 1. The van der Waals surface area contributed by atoms with E-state index in [2.05, 4.69) is 5.32 Å². The molecule has 1 N–H and O–H groups in total. The Kier molecular flexibility index (Phi) is 4.51. The number of pyridine rings is 1. The minimum atomic E-state index is -0.177. The molecular weight excluding hydrogens is 346 g/mol. The molecule has 0 bridgehead atoms. The van der Waals surface area contributed by atoms with Crippen LogP contribution in [0.15, 0.2) is 41.2 Å². The van der Waals surface area contributed by atoms with E-state index in [9.17, 15) is 9.59 Å². The number of amides is 2. The van der Waals surface area contributed by atoms with Crippen LogP contribution in [0.1, 0.15) is 24.6 Å². The summed E-state index contributed by atoms with van der Waals surface area (Å²) in [6.07, 6.45) is 2.04. The molecule has 1 aromatic carbocycles. The van der Waals surface area contributed by atoms with Gasteiger partial charge in [0.05, 0.1) is 20.2 Å². The van der Waals surface area contributed by atoms with Crippen LogP contribution in [-0.2, 0) is 0 Å². The first-order chi connectivity index (χ1) is 13.0. The molecule has 2 heterocycles. The van der Waals surface area contributed by atoms with Crippen LogP contribution in [0.5, 0.6) is 11.5 Å². The molecule has 2 amide bonds. The molecule has 7 nitrogen and oxygen atoms in total. The van der Waals surface area contributed by atoms with Crippen molar-refractivity contribution in [1.29, 1.82) is 0 Å². The molecule has 1 aromatic heterocycles. The van der Waals surface area contributed by atoms with Gasteiger partial charge in [0.2, 0.25) is 0 Å². The van der Waals surface area contributed by atoms with E-state index in [1.165, 1.54) is 0 Å². The Morgan fingerprint density at radius 2 is 1.93 bits per heavy atom. The van der Waals surface area contributed by atoms with E-state index in [4.69, 9.17) is 9.47 Å². The van der Waals surface area contributed by atoms with E-state index in [0.717, 1.165) is 18.5 Å². The number of anilines is 1. The van der Waals surface area contributed by atoms with Crippen LogP contribution in [0, 0.1) is 6.92 Å². The van der Waals surface area contributed by atoms with Gasteiger partial charge < -0.3 is 24.3 Å². The van der Waals surface area contributed by atoms with Crippen molar-refractivity contribution >= 4 is 11.7 Å². The van der Waals surface area contributed by atoms with Crippen LogP contribution in [0.2, 0.25) is 0 Å². The maximum atomic E-state index is 12.3. The molecule has 2 fully saturated rings. The van der Waals surface area contributed by atoms with Crippen molar-refractivity contribution in [1.82, 2.24) is 9.47 Å². The minimum Gasteiger partial charge on any atom is -0.497 e. The van der Waals surface area contributed by atoms with E-state index in [-0.39, 0.29) is 17.7 Å². The Morgan fingerprint density at radius 1 is 1.15 bits per heavy atom. The van der Waals surface area contributed by atoms with Crippen LogP contribution in [-0.4, -0.2) is 41.8 Å². The zero-order valence-electron chi connectivity index (χ0n) is 15.5. The summed E-state index contributed by atoms with van der Waals surface area (Å²) in [6.45, 7) is 2.91. The second-order valence-electron chi connectivity index (χ2n) is 7.08. The highest BCUT2D eigenvalue weighted by Crippen LogP contribution is 2.35. The first-order valence-corrected chi connectivity index (χ1v) is 9.13. The molecule has 1 saturated carbocycles. The molecule has 142 valence electrons. The number of likely N-dealkylation sites (tertiary alicyclic amines) is 1. The van der Waals surface area contributed by atoms with Crippen molar-refractivity contribution in [3.8, 4) is 11.5 Å². The zero-order valence-corrected chi connectivity index (χ0v) is 15.5. The van der Waals surface area contributed by atoms with Gasteiger partial charge in [0.25, 0.3) is 5.56 Å². The van der Waals surface area contributed by atoms with Gasteiger partial charge in [0.1, 0.15) is 17.6 Å². The average molecular weight is 369 g/mol. The molecule has 2 aliphatic rings. The van der Waals surface area contributed by atoms with Gasteiger partial charge >= 0.3 is 6.03 Å². The molecule has 0 atom stereocenters. The van der Waals surface area contributed by atoms with Crippen molar-refractivity contribution in [2.75, 3.05) is 25.5 Å². The van der Waals surface area contributed by atoms with Gasteiger partial charge in [-0.3, -0.25) is 4.79 Å². The molecule has 1 saturated heterocycles. The molecule has 1 aliphatic carbocycles. The quantitative estimate of drug-likeness (QED) is 0.880. The Morgan fingerprint density at radius 3 is 2.59 bits per heavy atom. The van der Waals surface area contributed by atoms with Crippen LogP contribution in [0.25, 0.3) is 0 Å². The number of ether oxygens (including phenoxy) is 2. The summed E-state index contributed by atoms with van der Waals surface area (Å²) < 4.78 is 12.9. The number of methoxy groups -OCH3 is 1. The van der Waals surface area contributed by atoms with Gasteiger partial charge in [-0.2, -0.15) is 0 Å². The number of benzene rings is 1. The lowest BCUT2D eigenvalue weighted by Crippen LogP contribution is -2.57. The Bertz CT molecular complexity index is 914. The smallest absolute Gasteiger partial charge is 0.322 e. The van der Waals surface area contributed by atoms with Crippen LogP contribution in [0.3, 0.4) is 0 Å². The molecule has 27 heavy (non-hydrogen) atoms. The lowest BCUT2D eigenvalue weighted by molar-refractivity contribution is 0.0490. The fraction of sp³-hybridized carbons (Fsp3) is 0.400. The number of rotatable bonds is 5. The largest absolute Gasteiger partial charge is 0.497 e. The average Bonchev–Trinajstić information content (AvgIpc) is 3.42. The first kappa shape index (κ1) is 17.5. The SMILES string of the molecule is COc1cccc(NC(=O)N2CC(Oc3cc(C)n(C4CC4)c(=O)c3)C2)c1. The maximum Gasteiger partial charge on any atom is 0.322 e. The first-order valence-electron chi connectivity index (χ1n) is 9.13. The fourth-order valence-electron chi connectivity index (χ4n) is 3.33. The highest BCUT2D eigenvalue weighted by molar-refractivity contribution is 5.90. The van der Waals surface area contributed by atoms with Gasteiger partial charge in [-0.15, -0.1) is 0 Å². The van der Waals surface area contributed by atoms with Crippen molar-refractivity contribution in [3.63, 3.8) is 0 Å². The van der Waals surface area contributed by atoms with Gasteiger partial charge in [0.15, 0.2) is 0 Å².